The van der Waals surface area contributed by atoms with Crippen molar-refractivity contribution >= 4 is 17.4 Å². The maximum Gasteiger partial charge on any atom is 0.142 e. The maximum absolute atomic E-state index is 7.46. The number of rotatable bonds is 3. The van der Waals surface area contributed by atoms with E-state index in [0.29, 0.717) is 17.3 Å². The number of halogens is 1. The molecule has 3 N–H and O–H groups in total. The Hall–Kier alpha value is -1.88. The first-order valence-electron chi connectivity index (χ1n) is 5.06. The highest BCUT2D eigenvalue weighted by Gasteiger charge is 2.09. The van der Waals surface area contributed by atoms with Gasteiger partial charge in [-0.1, -0.05) is 17.7 Å². The zero-order valence-electron chi connectivity index (χ0n) is 9.31. The van der Waals surface area contributed by atoms with Gasteiger partial charge < -0.3 is 5.73 Å². The SMILES string of the molecule is Cc1c(Cl)cnn1Cc1cccnc1C(=N)N. The smallest absolute Gasteiger partial charge is 0.142 e. The average Bonchev–Trinajstić information content (AvgIpc) is 2.61. The molecule has 0 radical (unpaired) electrons. The second-order valence-electron chi connectivity index (χ2n) is 3.66. The molecule has 0 atom stereocenters. The molecule has 2 rings (SSSR count). The summed E-state index contributed by atoms with van der Waals surface area (Å²) in [5, 5.41) is 12.2. The summed E-state index contributed by atoms with van der Waals surface area (Å²) >= 11 is 5.93. The molecule has 0 amide bonds. The van der Waals surface area contributed by atoms with Crippen LogP contribution in [0.15, 0.2) is 24.5 Å². The van der Waals surface area contributed by atoms with Crippen molar-refractivity contribution in [2.75, 3.05) is 0 Å². The zero-order valence-corrected chi connectivity index (χ0v) is 10.1. The van der Waals surface area contributed by atoms with E-state index in [0.717, 1.165) is 11.3 Å². The van der Waals surface area contributed by atoms with Gasteiger partial charge in [0.05, 0.1) is 23.5 Å². The van der Waals surface area contributed by atoms with Crippen LogP contribution >= 0.6 is 11.6 Å². The monoisotopic (exact) mass is 249 g/mol. The molecule has 0 bridgehead atoms. The Bertz CT molecular complexity index is 561. The van der Waals surface area contributed by atoms with E-state index < -0.39 is 0 Å². The minimum atomic E-state index is -0.0449. The van der Waals surface area contributed by atoms with Crippen LogP contribution in [0.1, 0.15) is 17.0 Å². The number of aromatic nitrogens is 3. The Balaban J connectivity index is 2.36. The number of nitrogen functional groups attached to an aromatic ring is 1. The molecule has 0 unspecified atom stereocenters. The molecule has 2 aromatic rings. The fourth-order valence-electron chi connectivity index (χ4n) is 1.55. The summed E-state index contributed by atoms with van der Waals surface area (Å²) in [4.78, 5) is 4.09. The maximum atomic E-state index is 7.46. The highest BCUT2D eigenvalue weighted by atomic mass is 35.5. The lowest BCUT2D eigenvalue weighted by Gasteiger charge is -2.08. The number of nitrogens with one attached hydrogen (secondary N) is 1. The van der Waals surface area contributed by atoms with Crippen LogP contribution in [-0.4, -0.2) is 20.6 Å². The molecule has 0 saturated carbocycles. The largest absolute Gasteiger partial charge is 0.382 e. The van der Waals surface area contributed by atoms with Gasteiger partial charge in [0, 0.05) is 11.8 Å². The first-order valence-corrected chi connectivity index (χ1v) is 5.43. The summed E-state index contributed by atoms with van der Waals surface area (Å²) in [5.41, 5.74) is 7.69. The van der Waals surface area contributed by atoms with Gasteiger partial charge in [0.25, 0.3) is 0 Å². The highest BCUT2D eigenvalue weighted by Crippen LogP contribution is 2.15. The quantitative estimate of drug-likeness (QED) is 0.640. The van der Waals surface area contributed by atoms with Crippen LogP contribution in [-0.2, 0) is 6.54 Å². The summed E-state index contributed by atoms with van der Waals surface area (Å²) in [7, 11) is 0. The lowest BCUT2D eigenvalue weighted by Crippen LogP contribution is -2.17. The van der Waals surface area contributed by atoms with Crippen molar-refractivity contribution in [3.63, 3.8) is 0 Å². The van der Waals surface area contributed by atoms with Crippen molar-refractivity contribution in [2.24, 2.45) is 5.73 Å². The van der Waals surface area contributed by atoms with Gasteiger partial charge in [0.1, 0.15) is 11.5 Å². The van der Waals surface area contributed by atoms with Gasteiger partial charge in [-0.05, 0) is 13.0 Å². The molecular formula is C11H12ClN5. The van der Waals surface area contributed by atoms with Gasteiger partial charge >= 0.3 is 0 Å². The summed E-state index contributed by atoms with van der Waals surface area (Å²) in [6.45, 7) is 2.39. The molecule has 0 saturated heterocycles. The van der Waals surface area contributed by atoms with Crippen LogP contribution in [0.4, 0.5) is 0 Å². The number of hydrogen-bond donors (Lipinski definition) is 2. The van der Waals surface area contributed by atoms with Crippen molar-refractivity contribution in [1.29, 1.82) is 5.41 Å². The van der Waals surface area contributed by atoms with E-state index in [1.807, 2.05) is 19.1 Å². The third-order valence-electron chi connectivity index (χ3n) is 2.51. The number of hydrogen-bond acceptors (Lipinski definition) is 3. The van der Waals surface area contributed by atoms with Gasteiger partial charge in [0.15, 0.2) is 0 Å². The first kappa shape index (κ1) is 11.6. The summed E-state index contributed by atoms with van der Waals surface area (Å²) < 4.78 is 1.76. The van der Waals surface area contributed by atoms with Crippen LogP contribution in [0.5, 0.6) is 0 Å². The number of pyridine rings is 1. The molecule has 5 nitrogen and oxygen atoms in total. The fraction of sp³-hybridized carbons (Fsp3) is 0.182. The van der Waals surface area contributed by atoms with Gasteiger partial charge in [-0.2, -0.15) is 5.10 Å². The van der Waals surface area contributed by atoms with Crippen molar-refractivity contribution in [3.8, 4) is 0 Å². The molecule has 6 heteroatoms. The Kier molecular flexibility index (Phi) is 3.10. The van der Waals surface area contributed by atoms with E-state index in [9.17, 15) is 0 Å². The molecule has 17 heavy (non-hydrogen) atoms. The topological polar surface area (TPSA) is 80.6 Å². The van der Waals surface area contributed by atoms with E-state index in [2.05, 4.69) is 10.1 Å². The fourth-order valence-corrected chi connectivity index (χ4v) is 1.69. The molecule has 0 fully saturated rings. The molecule has 2 aromatic heterocycles. The predicted octanol–water partition coefficient (Wildman–Crippen LogP) is 1.57. The van der Waals surface area contributed by atoms with Crippen LogP contribution in [0, 0.1) is 12.3 Å². The lowest BCUT2D eigenvalue weighted by atomic mass is 10.2. The summed E-state index contributed by atoms with van der Waals surface area (Å²) in [6.07, 6.45) is 3.21. The van der Waals surface area contributed by atoms with E-state index in [4.69, 9.17) is 22.7 Å². The van der Waals surface area contributed by atoms with Crippen molar-refractivity contribution < 1.29 is 0 Å². The van der Waals surface area contributed by atoms with Gasteiger partial charge in [-0.3, -0.25) is 15.1 Å². The van der Waals surface area contributed by atoms with E-state index in [-0.39, 0.29) is 5.84 Å². The van der Waals surface area contributed by atoms with Crippen molar-refractivity contribution in [3.05, 3.63) is 46.5 Å². The minimum absolute atomic E-state index is 0.0449. The second kappa shape index (κ2) is 4.55. The molecule has 88 valence electrons. The molecule has 2 heterocycles. The van der Waals surface area contributed by atoms with Gasteiger partial charge in [-0.25, -0.2) is 0 Å². The molecule has 0 spiro atoms. The molecule has 0 aliphatic carbocycles. The van der Waals surface area contributed by atoms with E-state index in [1.165, 1.54) is 0 Å². The standard InChI is InChI=1S/C11H12ClN5/c1-7-9(12)5-16-17(7)6-8-3-2-4-15-10(8)11(13)14/h2-5H,6H2,1H3,(H3,13,14). The third kappa shape index (κ3) is 2.29. The minimum Gasteiger partial charge on any atom is -0.382 e. The number of nitrogens with zero attached hydrogens (tertiary/aromatic N) is 3. The van der Waals surface area contributed by atoms with E-state index in [1.54, 1.807) is 17.1 Å². The summed E-state index contributed by atoms with van der Waals surface area (Å²) in [5.74, 6) is -0.0449. The van der Waals surface area contributed by atoms with Crippen LogP contribution in [0.2, 0.25) is 5.02 Å². The van der Waals surface area contributed by atoms with Gasteiger partial charge in [0.2, 0.25) is 0 Å². The molecule has 0 aromatic carbocycles. The summed E-state index contributed by atoms with van der Waals surface area (Å²) in [6, 6.07) is 3.68. The normalized spacial score (nSPS) is 10.5. The third-order valence-corrected chi connectivity index (χ3v) is 2.88. The van der Waals surface area contributed by atoms with Crippen molar-refractivity contribution in [1.82, 2.24) is 14.8 Å². The van der Waals surface area contributed by atoms with Crippen LogP contribution in [0.25, 0.3) is 0 Å². The Labute approximate surface area is 104 Å². The molecule has 0 aliphatic heterocycles. The van der Waals surface area contributed by atoms with Crippen LogP contribution < -0.4 is 5.73 Å². The predicted molar refractivity (Wildman–Crippen MR) is 66.3 cm³/mol. The van der Waals surface area contributed by atoms with Gasteiger partial charge in [-0.15, -0.1) is 0 Å². The average molecular weight is 250 g/mol. The number of nitrogens with two attached hydrogens (primary N) is 1. The number of amidine groups is 1. The van der Waals surface area contributed by atoms with Crippen molar-refractivity contribution in [2.45, 2.75) is 13.5 Å². The highest BCUT2D eigenvalue weighted by molar-refractivity contribution is 6.31. The molecule has 0 aliphatic rings. The lowest BCUT2D eigenvalue weighted by molar-refractivity contribution is 0.662. The molecular weight excluding hydrogens is 238 g/mol. The second-order valence-corrected chi connectivity index (χ2v) is 4.07. The zero-order chi connectivity index (χ0) is 12.4. The Morgan fingerprint density at radius 2 is 2.35 bits per heavy atom. The van der Waals surface area contributed by atoms with E-state index >= 15 is 0 Å². The Morgan fingerprint density at radius 1 is 1.59 bits per heavy atom. The Morgan fingerprint density at radius 3 is 2.94 bits per heavy atom. The first-order chi connectivity index (χ1) is 8.09. The van der Waals surface area contributed by atoms with Crippen LogP contribution in [0.3, 0.4) is 0 Å².